The number of benzene rings is 1. The van der Waals surface area contributed by atoms with Crippen LogP contribution in [0.2, 0.25) is 0 Å². The van der Waals surface area contributed by atoms with Crippen molar-refractivity contribution in [2.75, 3.05) is 11.2 Å². The molecule has 1 aromatic rings. The van der Waals surface area contributed by atoms with Crippen LogP contribution in [-0.4, -0.2) is 11.8 Å². The summed E-state index contributed by atoms with van der Waals surface area (Å²) >= 11 is 5.11. The first-order valence-electron chi connectivity index (χ1n) is 3.55. The molecule has 1 N–H and O–H groups in total. The van der Waals surface area contributed by atoms with Crippen molar-refractivity contribution in [2.45, 2.75) is 0 Å². The average molecular weight is 224 g/mol. The number of halogens is 4. The van der Waals surface area contributed by atoms with Gasteiger partial charge in [-0.1, -0.05) is 0 Å². The van der Waals surface area contributed by atoms with Gasteiger partial charge < -0.3 is 5.32 Å². The van der Waals surface area contributed by atoms with Crippen LogP contribution in [0.1, 0.15) is 0 Å². The first-order valence-corrected chi connectivity index (χ1v) is 4.08. The van der Waals surface area contributed by atoms with E-state index in [0.717, 1.165) is 0 Å². The highest BCUT2D eigenvalue weighted by Crippen LogP contribution is 2.19. The fourth-order valence-corrected chi connectivity index (χ4v) is 0.901. The molecule has 0 aliphatic heterocycles. The van der Waals surface area contributed by atoms with Gasteiger partial charge >= 0.3 is 0 Å². The standard InChI is InChI=1S/C8H5ClF3NO/c9-3-7(14)13-8-5(11)1-4(10)2-6(8)12/h1-2H,3H2,(H,13,14). The number of hydrogen-bond donors (Lipinski definition) is 1. The Morgan fingerprint density at radius 3 is 2.21 bits per heavy atom. The third-order valence-corrected chi connectivity index (χ3v) is 1.64. The molecule has 1 amide bonds. The van der Waals surface area contributed by atoms with Crippen LogP contribution in [0.15, 0.2) is 12.1 Å². The number of amides is 1. The molecular formula is C8H5ClF3NO. The molecule has 0 spiro atoms. The molecule has 1 rings (SSSR count). The lowest BCUT2D eigenvalue weighted by molar-refractivity contribution is -0.114. The number of alkyl halides is 1. The van der Waals surface area contributed by atoms with Gasteiger partial charge in [0, 0.05) is 12.1 Å². The second-order valence-electron chi connectivity index (χ2n) is 2.43. The van der Waals surface area contributed by atoms with Crippen molar-refractivity contribution in [3.63, 3.8) is 0 Å². The number of rotatable bonds is 2. The highest BCUT2D eigenvalue weighted by Gasteiger charge is 2.13. The topological polar surface area (TPSA) is 29.1 Å². The van der Waals surface area contributed by atoms with Gasteiger partial charge in [0.25, 0.3) is 0 Å². The Balaban J connectivity index is 3.02. The Morgan fingerprint density at radius 2 is 1.79 bits per heavy atom. The van der Waals surface area contributed by atoms with Crippen LogP contribution in [0.25, 0.3) is 0 Å². The van der Waals surface area contributed by atoms with Gasteiger partial charge in [-0.3, -0.25) is 4.79 Å². The fraction of sp³-hybridized carbons (Fsp3) is 0.125. The second kappa shape index (κ2) is 4.32. The maximum Gasteiger partial charge on any atom is 0.239 e. The average Bonchev–Trinajstić information content (AvgIpc) is 2.10. The van der Waals surface area contributed by atoms with Crippen LogP contribution in [0.4, 0.5) is 18.9 Å². The quantitative estimate of drug-likeness (QED) is 0.766. The zero-order chi connectivity index (χ0) is 10.7. The van der Waals surface area contributed by atoms with Crippen LogP contribution in [-0.2, 0) is 4.79 Å². The van der Waals surface area contributed by atoms with E-state index in [4.69, 9.17) is 11.6 Å². The molecule has 1 aromatic carbocycles. The first kappa shape index (κ1) is 10.8. The third kappa shape index (κ3) is 2.38. The van der Waals surface area contributed by atoms with Crippen LogP contribution in [0, 0.1) is 17.5 Å². The van der Waals surface area contributed by atoms with Gasteiger partial charge in [-0.15, -0.1) is 11.6 Å². The lowest BCUT2D eigenvalue weighted by Gasteiger charge is -2.05. The summed E-state index contributed by atoms with van der Waals surface area (Å²) in [6.07, 6.45) is 0. The predicted molar refractivity (Wildman–Crippen MR) is 45.7 cm³/mol. The largest absolute Gasteiger partial charge is 0.320 e. The van der Waals surface area contributed by atoms with E-state index < -0.39 is 34.9 Å². The molecule has 0 heterocycles. The number of hydrogen-bond acceptors (Lipinski definition) is 1. The van der Waals surface area contributed by atoms with Crippen molar-refractivity contribution in [1.29, 1.82) is 0 Å². The summed E-state index contributed by atoms with van der Waals surface area (Å²) in [5.74, 6) is -4.61. The highest BCUT2D eigenvalue weighted by molar-refractivity contribution is 6.29. The van der Waals surface area contributed by atoms with Gasteiger partial charge in [-0.05, 0) is 0 Å². The van der Waals surface area contributed by atoms with Crippen molar-refractivity contribution in [1.82, 2.24) is 0 Å². The zero-order valence-corrected chi connectivity index (χ0v) is 7.54. The number of nitrogens with one attached hydrogen (secondary N) is 1. The predicted octanol–water partition coefficient (Wildman–Crippen LogP) is 2.28. The minimum absolute atomic E-state index is 0.434. The summed E-state index contributed by atoms with van der Waals surface area (Å²) in [5.41, 5.74) is -0.697. The van der Waals surface area contributed by atoms with E-state index in [2.05, 4.69) is 0 Å². The minimum atomic E-state index is -1.18. The molecule has 0 fully saturated rings. The van der Waals surface area contributed by atoms with E-state index in [1.807, 2.05) is 5.32 Å². The SMILES string of the molecule is O=C(CCl)Nc1c(F)cc(F)cc1F. The summed E-state index contributed by atoms with van der Waals surface area (Å²) in [6, 6.07) is 0.930. The molecule has 0 saturated heterocycles. The summed E-state index contributed by atoms with van der Waals surface area (Å²) < 4.78 is 38.1. The van der Waals surface area contributed by atoms with Crippen molar-refractivity contribution in [3.05, 3.63) is 29.6 Å². The molecule has 14 heavy (non-hydrogen) atoms. The smallest absolute Gasteiger partial charge is 0.239 e. The van der Waals surface area contributed by atoms with E-state index in [-0.39, 0.29) is 0 Å². The highest BCUT2D eigenvalue weighted by atomic mass is 35.5. The van der Waals surface area contributed by atoms with Gasteiger partial charge in [-0.2, -0.15) is 0 Å². The van der Waals surface area contributed by atoms with E-state index in [0.29, 0.717) is 12.1 Å². The molecule has 0 bridgehead atoms. The molecule has 0 aliphatic rings. The van der Waals surface area contributed by atoms with Crippen molar-refractivity contribution in [3.8, 4) is 0 Å². The lowest BCUT2D eigenvalue weighted by atomic mass is 10.3. The monoisotopic (exact) mass is 223 g/mol. The molecule has 0 unspecified atom stereocenters. The van der Waals surface area contributed by atoms with Crippen molar-refractivity contribution in [2.24, 2.45) is 0 Å². The zero-order valence-electron chi connectivity index (χ0n) is 6.78. The van der Waals surface area contributed by atoms with E-state index >= 15 is 0 Å². The van der Waals surface area contributed by atoms with Gasteiger partial charge in [0.2, 0.25) is 5.91 Å². The molecule has 0 aromatic heterocycles. The second-order valence-corrected chi connectivity index (χ2v) is 2.69. The minimum Gasteiger partial charge on any atom is -0.320 e. The molecule has 2 nitrogen and oxygen atoms in total. The molecule has 76 valence electrons. The molecular weight excluding hydrogens is 219 g/mol. The Kier molecular flexibility index (Phi) is 3.35. The lowest BCUT2D eigenvalue weighted by Crippen LogP contribution is -2.15. The van der Waals surface area contributed by atoms with E-state index in [1.54, 1.807) is 0 Å². The van der Waals surface area contributed by atoms with Gasteiger partial charge in [0.05, 0.1) is 0 Å². The maximum atomic E-state index is 12.9. The molecule has 0 radical (unpaired) electrons. The normalized spacial score (nSPS) is 10.0. The Hall–Kier alpha value is -1.23. The molecule has 0 atom stereocenters. The van der Waals surface area contributed by atoms with Gasteiger partial charge in [0.15, 0.2) is 11.6 Å². The van der Waals surface area contributed by atoms with E-state index in [9.17, 15) is 18.0 Å². The van der Waals surface area contributed by atoms with Crippen LogP contribution in [0.3, 0.4) is 0 Å². The number of carbonyl (C=O) groups excluding carboxylic acids is 1. The van der Waals surface area contributed by atoms with Crippen molar-refractivity contribution >= 4 is 23.2 Å². The third-order valence-electron chi connectivity index (χ3n) is 1.39. The van der Waals surface area contributed by atoms with Crippen LogP contribution < -0.4 is 5.32 Å². The van der Waals surface area contributed by atoms with Gasteiger partial charge in [0.1, 0.15) is 17.4 Å². The number of carbonyl (C=O) groups is 1. The fourth-order valence-electron chi connectivity index (χ4n) is 0.834. The molecule has 0 saturated carbocycles. The van der Waals surface area contributed by atoms with Crippen molar-refractivity contribution < 1.29 is 18.0 Å². The summed E-state index contributed by atoms with van der Waals surface area (Å²) in [7, 11) is 0. The maximum absolute atomic E-state index is 12.9. The summed E-state index contributed by atoms with van der Waals surface area (Å²) in [4.78, 5) is 10.7. The Bertz CT molecular complexity index is 347. The van der Waals surface area contributed by atoms with E-state index in [1.165, 1.54) is 0 Å². The Labute approximate surface area is 82.7 Å². The molecule has 6 heteroatoms. The summed E-state index contributed by atoms with van der Waals surface area (Å²) in [5, 5.41) is 1.87. The Morgan fingerprint density at radius 1 is 1.29 bits per heavy atom. The number of anilines is 1. The summed E-state index contributed by atoms with van der Waals surface area (Å²) in [6.45, 7) is 0. The van der Waals surface area contributed by atoms with Crippen LogP contribution >= 0.6 is 11.6 Å². The van der Waals surface area contributed by atoms with Gasteiger partial charge in [-0.25, -0.2) is 13.2 Å². The molecule has 0 aliphatic carbocycles. The first-order chi connectivity index (χ1) is 6.54. The van der Waals surface area contributed by atoms with Crippen LogP contribution in [0.5, 0.6) is 0 Å².